The van der Waals surface area contributed by atoms with E-state index in [4.69, 9.17) is 0 Å². The molecule has 0 atom stereocenters. The highest BCUT2D eigenvalue weighted by atomic mass is 19.3. The quantitative estimate of drug-likeness (QED) is 0.613. The van der Waals surface area contributed by atoms with Gasteiger partial charge in [-0.25, -0.2) is 13.2 Å². The van der Waals surface area contributed by atoms with Crippen molar-refractivity contribution >= 4 is 0 Å². The first kappa shape index (κ1) is 9.10. The summed E-state index contributed by atoms with van der Waals surface area (Å²) in [6.45, 7) is 2.33. The van der Waals surface area contributed by atoms with Gasteiger partial charge < -0.3 is 0 Å². The Labute approximate surface area is 69.0 Å². The minimum Gasteiger partial charge on any atom is -0.207 e. The summed E-state index contributed by atoms with van der Waals surface area (Å²) in [6, 6.07) is 3.35. The van der Waals surface area contributed by atoms with Crippen molar-refractivity contribution in [3.05, 3.63) is 35.1 Å². The Balaban J connectivity index is 3.18. The van der Waals surface area contributed by atoms with Gasteiger partial charge in [0.25, 0.3) is 5.92 Å². The van der Waals surface area contributed by atoms with E-state index < -0.39 is 11.7 Å². The predicted molar refractivity (Wildman–Crippen MR) is 40.7 cm³/mol. The van der Waals surface area contributed by atoms with Crippen molar-refractivity contribution in [3.63, 3.8) is 0 Å². The normalized spacial score (nSPS) is 11.8. The molecule has 0 aliphatic rings. The highest BCUT2D eigenvalue weighted by Gasteiger charge is 2.24. The summed E-state index contributed by atoms with van der Waals surface area (Å²) in [7, 11) is 0. The molecule has 3 heteroatoms. The number of benzene rings is 1. The molecule has 1 rings (SSSR count). The molecule has 0 bridgehead atoms. The van der Waals surface area contributed by atoms with Gasteiger partial charge in [0.2, 0.25) is 0 Å². The Morgan fingerprint density at radius 2 is 1.75 bits per heavy atom. The maximum absolute atomic E-state index is 12.6. The van der Waals surface area contributed by atoms with Crippen LogP contribution in [0.1, 0.15) is 18.1 Å². The lowest BCUT2D eigenvalue weighted by Gasteiger charge is -2.10. The van der Waals surface area contributed by atoms with Crippen LogP contribution in [0, 0.1) is 12.7 Å². The molecule has 0 spiro atoms. The van der Waals surface area contributed by atoms with E-state index in [1.54, 1.807) is 6.92 Å². The molecule has 0 heterocycles. The lowest BCUT2D eigenvalue weighted by atomic mass is 10.1. The number of hydrogen-bond acceptors (Lipinski definition) is 0. The van der Waals surface area contributed by atoms with Crippen LogP contribution in [-0.2, 0) is 5.92 Å². The van der Waals surface area contributed by atoms with Crippen molar-refractivity contribution in [3.8, 4) is 0 Å². The van der Waals surface area contributed by atoms with E-state index in [1.807, 2.05) is 0 Å². The number of rotatable bonds is 1. The van der Waals surface area contributed by atoms with E-state index in [-0.39, 0.29) is 5.56 Å². The van der Waals surface area contributed by atoms with Crippen LogP contribution in [0.25, 0.3) is 0 Å². The Hall–Kier alpha value is -0.990. The minimum atomic E-state index is -2.97. The third kappa shape index (κ3) is 2.00. The molecule has 0 aromatic heterocycles. The van der Waals surface area contributed by atoms with Crippen LogP contribution in [0.4, 0.5) is 13.2 Å². The van der Waals surface area contributed by atoms with E-state index >= 15 is 0 Å². The summed E-state index contributed by atoms with van der Waals surface area (Å²) in [6.07, 6.45) is 0. The lowest BCUT2D eigenvalue weighted by molar-refractivity contribution is 0.0171. The first-order chi connectivity index (χ1) is 5.39. The van der Waals surface area contributed by atoms with Gasteiger partial charge in [0.1, 0.15) is 5.82 Å². The molecule has 0 nitrogen and oxygen atoms in total. The van der Waals surface area contributed by atoms with Crippen LogP contribution in [-0.4, -0.2) is 0 Å². The maximum atomic E-state index is 12.6. The largest absolute Gasteiger partial charge is 0.270 e. The second-order valence-electron chi connectivity index (χ2n) is 2.91. The molecule has 0 N–H and O–H groups in total. The van der Waals surface area contributed by atoms with Gasteiger partial charge in [0, 0.05) is 12.5 Å². The number of halogens is 3. The fourth-order valence-corrected chi connectivity index (χ4v) is 0.990. The van der Waals surface area contributed by atoms with Crippen molar-refractivity contribution in [1.82, 2.24) is 0 Å². The fourth-order valence-electron chi connectivity index (χ4n) is 0.990. The van der Waals surface area contributed by atoms with Crippen LogP contribution in [0.15, 0.2) is 18.2 Å². The zero-order valence-electron chi connectivity index (χ0n) is 6.87. The van der Waals surface area contributed by atoms with Crippen molar-refractivity contribution < 1.29 is 13.2 Å². The Morgan fingerprint density at radius 1 is 1.17 bits per heavy atom. The summed E-state index contributed by atoms with van der Waals surface area (Å²) in [5.74, 6) is -3.58. The van der Waals surface area contributed by atoms with Gasteiger partial charge in [-0.1, -0.05) is 0 Å². The summed E-state index contributed by atoms with van der Waals surface area (Å²) in [5, 5.41) is 0. The number of hydrogen-bond donors (Lipinski definition) is 0. The van der Waals surface area contributed by atoms with Gasteiger partial charge in [-0.3, -0.25) is 0 Å². The summed E-state index contributed by atoms with van der Waals surface area (Å²) in [4.78, 5) is 0. The topological polar surface area (TPSA) is 0 Å². The van der Waals surface area contributed by atoms with E-state index in [0.29, 0.717) is 5.56 Å². The van der Waals surface area contributed by atoms with Gasteiger partial charge >= 0.3 is 0 Å². The van der Waals surface area contributed by atoms with Crippen molar-refractivity contribution in [1.29, 1.82) is 0 Å². The molecule has 0 saturated heterocycles. The molecule has 0 radical (unpaired) electrons. The third-order valence-electron chi connectivity index (χ3n) is 1.55. The summed E-state index contributed by atoms with van der Waals surface area (Å²) >= 11 is 0. The van der Waals surface area contributed by atoms with Crippen molar-refractivity contribution in [2.24, 2.45) is 0 Å². The molecule has 1 aromatic rings. The molecule has 66 valence electrons. The smallest absolute Gasteiger partial charge is 0.207 e. The lowest BCUT2D eigenvalue weighted by Crippen LogP contribution is -2.07. The molecule has 1 aromatic carbocycles. The van der Waals surface area contributed by atoms with Gasteiger partial charge in [0.15, 0.2) is 0 Å². The Morgan fingerprint density at radius 3 is 2.17 bits per heavy atom. The number of aryl methyl sites for hydroxylation is 1. The summed E-state index contributed by atoms with van der Waals surface area (Å²) in [5.41, 5.74) is 0.228. The predicted octanol–water partition coefficient (Wildman–Crippen LogP) is 3.25. The zero-order valence-corrected chi connectivity index (χ0v) is 6.87. The van der Waals surface area contributed by atoms with Crippen molar-refractivity contribution in [2.75, 3.05) is 0 Å². The summed E-state index contributed by atoms with van der Waals surface area (Å²) < 4.78 is 37.9. The average Bonchev–Trinajstić information content (AvgIpc) is 1.82. The molecule has 0 aliphatic carbocycles. The highest BCUT2D eigenvalue weighted by Crippen LogP contribution is 2.27. The minimum absolute atomic E-state index is 0.278. The standard InChI is InChI=1S/C9H9F3/c1-6-3-7(9(2,11)12)5-8(10)4-6/h3-5H,1-2H3. The van der Waals surface area contributed by atoms with Gasteiger partial charge in [-0.05, 0) is 30.7 Å². The molecular formula is C9H9F3. The van der Waals surface area contributed by atoms with E-state index in [9.17, 15) is 13.2 Å². The molecular weight excluding hydrogens is 165 g/mol. The van der Waals surface area contributed by atoms with E-state index in [1.165, 1.54) is 12.1 Å². The van der Waals surface area contributed by atoms with E-state index in [2.05, 4.69) is 0 Å². The molecule has 12 heavy (non-hydrogen) atoms. The Bertz CT molecular complexity index is 266. The first-order valence-corrected chi connectivity index (χ1v) is 3.55. The maximum Gasteiger partial charge on any atom is 0.270 e. The second-order valence-corrected chi connectivity index (χ2v) is 2.91. The average molecular weight is 174 g/mol. The van der Waals surface area contributed by atoms with Crippen LogP contribution in [0.2, 0.25) is 0 Å². The van der Waals surface area contributed by atoms with Crippen molar-refractivity contribution in [2.45, 2.75) is 19.8 Å². The molecule has 0 aliphatic heterocycles. The molecule has 0 amide bonds. The molecule has 0 unspecified atom stereocenters. The van der Waals surface area contributed by atoms with Gasteiger partial charge in [-0.15, -0.1) is 0 Å². The third-order valence-corrected chi connectivity index (χ3v) is 1.55. The van der Waals surface area contributed by atoms with Crippen LogP contribution >= 0.6 is 0 Å². The highest BCUT2D eigenvalue weighted by molar-refractivity contribution is 5.26. The fraction of sp³-hybridized carbons (Fsp3) is 0.333. The molecule has 0 fully saturated rings. The zero-order chi connectivity index (χ0) is 9.35. The first-order valence-electron chi connectivity index (χ1n) is 3.55. The number of alkyl halides is 2. The van der Waals surface area contributed by atoms with Crippen LogP contribution in [0.5, 0.6) is 0 Å². The Kier molecular flexibility index (Phi) is 2.13. The van der Waals surface area contributed by atoms with Crippen LogP contribution < -0.4 is 0 Å². The van der Waals surface area contributed by atoms with Gasteiger partial charge in [0.05, 0.1) is 0 Å². The monoisotopic (exact) mass is 174 g/mol. The van der Waals surface area contributed by atoms with E-state index in [0.717, 1.165) is 13.0 Å². The second kappa shape index (κ2) is 2.81. The van der Waals surface area contributed by atoms with Gasteiger partial charge in [-0.2, -0.15) is 0 Å². The van der Waals surface area contributed by atoms with Crippen LogP contribution in [0.3, 0.4) is 0 Å². The molecule has 0 saturated carbocycles. The SMILES string of the molecule is Cc1cc(F)cc(C(C)(F)F)c1.